The maximum Gasteiger partial charge on any atom is 0.408 e. The fourth-order valence-electron chi connectivity index (χ4n) is 2.58. The number of carbonyl (C=O) groups excluding carboxylic acids is 2. The van der Waals surface area contributed by atoms with E-state index in [4.69, 9.17) is 4.74 Å². The smallest absolute Gasteiger partial charge is 0.408 e. The lowest BCUT2D eigenvalue weighted by molar-refractivity contribution is -0.123. The molecule has 1 heterocycles. The molecule has 3 aromatic rings. The highest BCUT2D eigenvalue weighted by Gasteiger charge is 2.22. The van der Waals surface area contributed by atoms with Crippen molar-refractivity contribution in [2.45, 2.75) is 19.1 Å². The summed E-state index contributed by atoms with van der Waals surface area (Å²) in [6, 6.07) is 13.1. The molecule has 0 aliphatic rings. The monoisotopic (exact) mass is 485 g/mol. The topological polar surface area (TPSA) is 129 Å². The molecule has 0 unspecified atom stereocenters. The van der Waals surface area contributed by atoms with E-state index in [1.54, 1.807) is 18.3 Å². The van der Waals surface area contributed by atoms with Gasteiger partial charge in [0.1, 0.15) is 18.4 Å². The molecule has 1 aromatic heterocycles. The molecular formula is C21H20BrN5O4. The summed E-state index contributed by atoms with van der Waals surface area (Å²) >= 11 is 3.21. The first-order valence-electron chi connectivity index (χ1n) is 9.27. The number of aromatic hydroxyl groups is 1. The highest BCUT2D eigenvalue weighted by molar-refractivity contribution is 9.10. The number of ether oxygens (including phenoxy) is 1. The molecule has 160 valence electrons. The van der Waals surface area contributed by atoms with Crippen LogP contribution < -0.4 is 10.7 Å². The first-order valence-corrected chi connectivity index (χ1v) is 10.1. The number of phenols is 1. The van der Waals surface area contributed by atoms with E-state index >= 15 is 0 Å². The molecule has 0 aliphatic heterocycles. The third kappa shape index (κ3) is 6.96. The van der Waals surface area contributed by atoms with E-state index in [2.05, 4.69) is 41.7 Å². The average Bonchev–Trinajstić information content (AvgIpc) is 3.28. The average molecular weight is 486 g/mol. The number of rotatable bonds is 8. The Bertz CT molecular complexity index is 1040. The predicted molar refractivity (Wildman–Crippen MR) is 117 cm³/mol. The number of benzene rings is 2. The number of imidazole rings is 1. The van der Waals surface area contributed by atoms with Crippen LogP contribution >= 0.6 is 15.9 Å². The van der Waals surface area contributed by atoms with Crippen molar-refractivity contribution >= 4 is 34.1 Å². The molecular weight excluding hydrogens is 466 g/mol. The van der Waals surface area contributed by atoms with E-state index in [0.717, 1.165) is 5.56 Å². The second kappa shape index (κ2) is 10.9. The zero-order chi connectivity index (χ0) is 22.1. The third-order valence-corrected chi connectivity index (χ3v) is 4.80. The maximum atomic E-state index is 12.6. The van der Waals surface area contributed by atoms with Gasteiger partial charge >= 0.3 is 6.09 Å². The molecule has 4 N–H and O–H groups in total. The SMILES string of the molecule is O=C(N[C@H](Cc1cnc[nH]1)C(=O)N/N=C\c1ccc(O)c(Br)c1)OCc1ccccc1. The largest absolute Gasteiger partial charge is 0.507 e. The van der Waals surface area contributed by atoms with Gasteiger partial charge in [-0.15, -0.1) is 0 Å². The van der Waals surface area contributed by atoms with E-state index in [9.17, 15) is 14.7 Å². The van der Waals surface area contributed by atoms with E-state index in [1.807, 2.05) is 30.3 Å². The third-order valence-electron chi connectivity index (χ3n) is 4.16. The zero-order valence-electron chi connectivity index (χ0n) is 16.3. The lowest BCUT2D eigenvalue weighted by atomic mass is 10.1. The van der Waals surface area contributed by atoms with Crippen LogP contribution in [-0.2, 0) is 22.6 Å². The van der Waals surface area contributed by atoms with Gasteiger partial charge in [-0.3, -0.25) is 4.79 Å². The van der Waals surface area contributed by atoms with Crippen LogP contribution in [0.15, 0.2) is 70.6 Å². The molecule has 2 amide bonds. The summed E-state index contributed by atoms with van der Waals surface area (Å²) in [6.07, 6.45) is 3.91. The Morgan fingerprint density at radius 1 is 1.26 bits per heavy atom. The van der Waals surface area contributed by atoms with Crippen molar-refractivity contribution in [1.29, 1.82) is 0 Å². The standard InChI is InChI=1S/C21H20BrN5O4/c22-17-8-15(6-7-19(17)28)10-25-27-20(29)18(9-16-11-23-13-24-16)26-21(30)31-12-14-4-2-1-3-5-14/h1-8,10-11,13,18,28H,9,12H2,(H,23,24)(H,26,30)(H,27,29)/b25-10-/t18-/m1/s1. The number of carbonyl (C=O) groups is 2. The molecule has 0 bridgehead atoms. The van der Waals surface area contributed by atoms with Crippen molar-refractivity contribution in [3.8, 4) is 5.75 Å². The second-order valence-corrected chi connectivity index (χ2v) is 7.34. The van der Waals surface area contributed by atoms with E-state index in [0.29, 0.717) is 15.7 Å². The summed E-state index contributed by atoms with van der Waals surface area (Å²) in [4.78, 5) is 31.6. The Hall–Kier alpha value is -3.66. The number of aromatic nitrogens is 2. The zero-order valence-corrected chi connectivity index (χ0v) is 17.9. The van der Waals surface area contributed by atoms with Gasteiger partial charge in [-0.25, -0.2) is 15.2 Å². The number of alkyl carbamates (subject to hydrolysis) is 1. The van der Waals surface area contributed by atoms with Gasteiger partial charge in [0, 0.05) is 18.3 Å². The Labute approximate surface area is 186 Å². The van der Waals surface area contributed by atoms with Crippen LogP contribution in [-0.4, -0.2) is 39.3 Å². The molecule has 0 spiro atoms. The molecule has 10 heteroatoms. The summed E-state index contributed by atoms with van der Waals surface area (Å²) in [5.41, 5.74) is 4.56. The fourth-order valence-corrected chi connectivity index (χ4v) is 2.98. The van der Waals surface area contributed by atoms with Crippen molar-refractivity contribution in [3.05, 3.63) is 82.3 Å². The van der Waals surface area contributed by atoms with Crippen LogP contribution in [0.1, 0.15) is 16.8 Å². The Morgan fingerprint density at radius 2 is 2.06 bits per heavy atom. The van der Waals surface area contributed by atoms with Crippen LogP contribution in [0, 0.1) is 0 Å². The van der Waals surface area contributed by atoms with E-state index < -0.39 is 18.0 Å². The van der Waals surface area contributed by atoms with Crippen molar-refractivity contribution < 1.29 is 19.4 Å². The molecule has 3 rings (SSSR count). The molecule has 0 saturated heterocycles. The number of amides is 2. The Kier molecular flexibility index (Phi) is 7.77. The number of hydrogen-bond donors (Lipinski definition) is 4. The molecule has 31 heavy (non-hydrogen) atoms. The highest BCUT2D eigenvalue weighted by atomic mass is 79.9. The first kappa shape index (κ1) is 22.0. The summed E-state index contributed by atoms with van der Waals surface area (Å²) in [5.74, 6) is -0.431. The maximum absolute atomic E-state index is 12.6. The summed E-state index contributed by atoms with van der Waals surface area (Å²) in [5, 5.41) is 16.0. The number of halogens is 1. The lowest BCUT2D eigenvalue weighted by Gasteiger charge is -2.16. The van der Waals surface area contributed by atoms with Crippen LogP contribution in [0.3, 0.4) is 0 Å². The van der Waals surface area contributed by atoms with E-state index in [1.165, 1.54) is 18.6 Å². The van der Waals surface area contributed by atoms with Crippen molar-refractivity contribution in [3.63, 3.8) is 0 Å². The summed E-state index contributed by atoms with van der Waals surface area (Å²) < 4.78 is 5.71. The van der Waals surface area contributed by atoms with Gasteiger partial charge in [0.2, 0.25) is 0 Å². The number of nitrogens with one attached hydrogen (secondary N) is 3. The van der Waals surface area contributed by atoms with Crippen molar-refractivity contribution in [2.24, 2.45) is 5.10 Å². The van der Waals surface area contributed by atoms with Crippen molar-refractivity contribution in [1.82, 2.24) is 20.7 Å². The Balaban J connectivity index is 1.60. The van der Waals surface area contributed by atoms with Crippen LogP contribution in [0.25, 0.3) is 0 Å². The molecule has 0 aliphatic carbocycles. The minimum Gasteiger partial charge on any atom is -0.507 e. The van der Waals surface area contributed by atoms with Crippen LogP contribution in [0.2, 0.25) is 0 Å². The number of phenolic OH excluding ortho intramolecular Hbond substituents is 1. The fraction of sp³-hybridized carbons (Fsp3) is 0.143. The van der Waals surface area contributed by atoms with E-state index in [-0.39, 0.29) is 18.8 Å². The quantitative estimate of drug-likeness (QED) is 0.288. The minimum absolute atomic E-state index is 0.0823. The van der Waals surface area contributed by atoms with Gasteiger partial charge in [0.05, 0.1) is 17.0 Å². The van der Waals surface area contributed by atoms with Crippen molar-refractivity contribution in [2.75, 3.05) is 0 Å². The number of H-pyrrole nitrogens is 1. The predicted octanol–water partition coefficient (Wildman–Crippen LogP) is 2.87. The van der Waals surface area contributed by atoms with Gasteiger partial charge in [0.15, 0.2) is 0 Å². The van der Waals surface area contributed by atoms with Gasteiger partial charge in [-0.05, 0) is 45.3 Å². The minimum atomic E-state index is -0.938. The number of nitrogens with zero attached hydrogens (tertiary/aromatic N) is 2. The number of hydrazone groups is 1. The molecule has 9 nitrogen and oxygen atoms in total. The molecule has 1 atom stereocenters. The van der Waals surface area contributed by atoms with Gasteiger partial charge < -0.3 is 20.1 Å². The summed E-state index contributed by atoms with van der Waals surface area (Å²) in [7, 11) is 0. The second-order valence-electron chi connectivity index (χ2n) is 6.48. The van der Waals surface area contributed by atoms with Gasteiger partial charge in [-0.2, -0.15) is 5.10 Å². The van der Waals surface area contributed by atoms with Gasteiger partial charge in [-0.1, -0.05) is 30.3 Å². The summed E-state index contributed by atoms with van der Waals surface area (Å²) in [6.45, 7) is 0.0823. The normalized spacial score (nSPS) is 11.8. The Morgan fingerprint density at radius 3 is 2.77 bits per heavy atom. The molecule has 0 saturated carbocycles. The van der Waals surface area contributed by atoms with Crippen LogP contribution in [0.5, 0.6) is 5.75 Å². The molecule has 0 fully saturated rings. The molecule has 2 aromatic carbocycles. The first-order chi connectivity index (χ1) is 15.0. The molecule has 0 radical (unpaired) electrons. The highest BCUT2D eigenvalue weighted by Crippen LogP contribution is 2.23. The number of aromatic amines is 1. The van der Waals surface area contributed by atoms with Gasteiger partial charge in [0.25, 0.3) is 5.91 Å². The lowest BCUT2D eigenvalue weighted by Crippen LogP contribution is -2.47. The van der Waals surface area contributed by atoms with Crippen LogP contribution in [0.4, 0.5) is 4.79 Å². The number of hydrogen-bond acceptors (Lipinski definition) is 6.